The van der Waals surface area contributed by atoms with Crippen molar-refractivity contribution in [1.29, 1.82) is 0 Å². The highest BCUT2D eigenvalue weighted by Crippen LogP contribution is 2.32. The maximum atomic E-state index is 12.7. The van der Waals surface area contributed by atoms with Crippen LogP contribution in [-0.2, 0) is 0 Å². The summed E-state index contributed by atoms with van der Waals surface area (Å²) in [5.41, 5.74) is 1.84. The number of hydrogen-bond donors (Lipinski definition) is 1. The lowest BCUT2D eigenvalue weighted by atomic mass is 10.2. The maximum absolute atomic E-state index is 12.7. The molecule has 0 aliphatic heterocycles. The molecule has 1 N–H and O–H groups in total. The van der Waals surface area contributed by atoms with E-state index in [1.807, 2.05) is 31.2 Å². The highest BCUT2D eigenvalue weighted by molar-refractivity contribution is 7.13. The Balaban J connectivity index is 1.56. The number of carbonyl (C=O) groups excluding carboxylic acids is 1. The smallest absolute Gasteiger partial charge is 0.275 e. The zero-order valence-electron chi connectivity index (χ0n) is 15.3. The number of hydrogen-bond acceptors (Lipinski definition) is 6. The molecule has 144 valence electrons. The Morgan fingerprint density at radius 3 is 2.62 bits per heavy atom. The lowest BCUT2D eigenvalue weighted by Crippen LogP contribution is -2.13. The van der Waals surface area contributed by atoms with Gasteiger partial charge >= 0.3 is 0 Å². The van der Waals surface area contributed by atoms with Crippen molar-refractivity contribution in [1.82, 2.24) is 15.0 Å². The fourth-order valence-corrected chi connectivity index (χ4v) is 3.42. The third-order valence-corrected chi connectivity index (χ3v) is 5.01. The van der Waals surface area contributed by atoms with Crippen LogP contribution in [0.2, 0.25) is 5.02 Å². The van der Waals surface area contributed by atoms with E-state index in [0.717, 1.165) is 5.56 Å². The van der Waals surface area contributed by atoms with Gasteiger partial charge in [-0.15, -0.1) is 11.3 Å². The van der Waals surface area contributed by atoms with Crippen molar-refractivity contribution >= 4 is 34.5 Å². The van der Waals surface area contributed by atoms with Gasteiger partial charge in [-0.1, -0.05) is 29.3 Å². The number of benzene rings is 2. The molecule has 4 rings (SSSR count). The van der Waals surface area contributed by atoms with Gasteiger partial charge in [-0.2, -0.15) is 0 Å². The Hall–Kier alpha value is -3.29. The minimum atomic E-state index is -0.376. The first kappa shape index (κ1) is 19.0. The van der Waals surface area contributed by atoms with Crippen LogP contribution in [0.3, 0.4) is 0 Å². The highest BCUT2D eigenvalue weighted by atomic mass is 35.5. The molecule has 0 saturated heterocycles. The molecular formula is C21H15ClN4O2S. The van der Waals surface area contributed by atoms with E-state index in [4.69, 9.17) is 16.3 Å². The molecule has 0 unspecified atom stereocenters. The van der Waals surface area contributed by atoms with Gasteiger partial charge < -0.3 is 10.1 Å². The zero-order valence-corrected chi connectivity index (χ0v) is 16.9. The molecule has 8 heteroatoms. The molecule has 0 fully saturated rings. The van der Waals surface area contributed by atoms with Crippen LogP contribution >= 0.6 is 22.9 Å². The SMILES string of the molecule is Cc1ccc(Oc2ccc(Cl)cc2NC(=O)c2csc(-c3ncccn3)n2)cc1. The van der Waals surface area contributed by atoms with Gasteiger partial charge in [0.2, 0.25) is 0 Å². The van der Waals surface area contributed by atoms with Crippen LogP contribution in [0, 0.1) is 6.92 Å². The summed E-state index contributed by atoms with van der Waals surface area (Å²) in [4.78, 5) is 25.3. The summed E-state index contributed by atoms with van der Waals surface area (Å²) >= 11 is 7.42. The summed E-state index contributed by atoms with van der Waals surface area (Å²) < 4.78 is 5.92. The number of thiazole rings is 1. The van der Waals surface area contributed by atoms with Crippen molar-refractivity contribution in [3.05, 3.63) is 82.6 Å². The molecule has 0 atom stereocenters. The average Bonchev–Trinajstić information content (AvgIpc) is 3.23. The predicted octanol–water partition coefficient (Wildman–Crippen LogP) is 5.61. The number of anilines is 1. The number of halogens is 1. The maximum Gasteiger partial charge on any atom is 0.275 e. The fraction of sp³-hybridized carbons (Fsp3) is 0.0476. The highest BCUT2D eigenvalue weighted by Gasteiger charge is 2.16. The fourth-order valence-electron chi connectivity index (χ4n) is 2.50. The molecule has 0 aliphatic carbocycles. The third-order valence-electron chi connectivity index (χ3n) is 3.93. The first-order chi connectivity index (χ1) is 14.1. The van der Waals surface area contributed by atoms with Gasteiger partial charge in [0, 0.05) is 22.8 Å². The largest absolute Gasteiger partial charge is 0.455 e. The monoisotopic (exact) mass is 422 g/mol. The number of carbonyl (C=O) groups is 1. The first-order valence-corrected chi connectivity index (χ1v) is 9.92. The molecule has 0 aliphatic rings. The topological polar surface area (TPSA) is 77.0 Å². The van der Waals surface area contributed by atoms with Crippen molar-refractivity contribution in [2.24, 2.45) is 0 Å². The van der Waals surface area contributed by atoms with E-state index in [0.29, 0.717) is 33.0 Å². The molecule has 2 aromatic carbocycles. The van der Waals surface area contributed by atoms with Crippen LogP contribution in [0.1, 0.15) is 16.1 Å². The minimum Gasteiger partial charge on any atom is -0.455 e. The van der Waals surface area contributed by atoms with Gasteiger partial charge in [-0.3, -0.25) is 4.79 Å². The second-order valence-electron chi connectivity index (χ2n) is 6.12. The van der Waals surface area contributed by atoms with Gasteiger partial charge in [0.25, 0.3) is 5.91 Å². The summed E-state index contributed by atoms with van der Waals surface area (Å²) in [7, 11) is 0. The summed E-state index contributed by atoms with van der Waals surface area (Å²) in [5, 5.41) is 5.53. The van der Waals surface area contributed by atoms with Crippen LogP contribution in [0.5, 0.6) is 11.5 Å². The van der Waals surface area contributed by atoms with E-state index in [9.17, 15) is 4.79 Å². The number of ether oxygens (including phenoxy) is 1. The molecule has 0 bridgehead atoms. The van der Waals surface area contributed by atoms with Crippen LogP contribution in [0.25, 0.3) is 10.8 Å². The molecule has 0 spiro atoms. The molecule has 0 saturated carbocycles. The van der Waals surface area contributed by atoms with Crippen molar-refractivity contribution in [3.8, 4) is 22.3 Å². The van der Waals surface area contributed by atoms with Gasteiger partial charge in [0.15, 0.2) is 16.6 Å². The first-order valence-electron chi connectivity index (χ1n) is 8.67. The molecular weight excluding hydrogens is 408 g/mol. The van der Waals surface area contributed by atoms with Crippen molar-refractivity contribution in [2.75, 3.05) is 5.32 Å². The molecule has 4 aromatic rings. The predicted molar refractivity (Wildman–Crippen MR) is 114 cm³/mol. The zero-order chi connectivity index (χ0) is 20.2. The van der Waals surface area contributed by atoms with E-state index in [1.165, 1.54) is 11.3 Å². The standard InChI is InChI=1S/C21H15ClN4O2S/c1-13-3-6-15(7-4-13)28-18-8-5-14(22)11-16(18)25-20(27)17-12-29-21(26-17)19-23-9-2-10-24-19/h2-12H,1H3,(H,25,27). The molecule has 6 nitrogen and oxygen atoms in total. The normalized spacial score (nSPS) is 10.6. The average molecular weight is 423 g/mol. The number of aromatic nitrogens is 3. The Labute approximate surface area is 176 Å². The van der Waals surface area contributed by atoms with Gasteiger partial charge in [-0.25, -0.2) is 15.0 Å². The van der Waals surface area contributed by atoms with Crippen LogP contribution < -0.4 is 10.1 Å². The Bertz CT molecular complexity index is 1150. The van der Waals surface area contributed by atoms with E-state index >= 15 is 0 Å². The Morgan fingerprint density at radius 1 is 1.10 bits per heavy atom. The van der Waals surface area contributed by atoms with E-state index in [1.54, 1.807) is 42.0 Å². The van der Waals surface area contributed by atoms with E-state index in [-0.39, 0.29) is 11.6 Å². The molecule has 2 heterocycles. The number of rotatable bonds is 5. The molecule has 29 heavy (non-hydrogen) atoms. The molecule has 0 radical (unpaired) electrons. The number of aryl methyl sites for hydroxylation is 1. The van der Waals surface area contributed by atoms with E-state index < -0.39 is 0 Å². The number of nitrogens with one attached hydrogen (secondary N) is 1. The molecule has 1 amide bonds. The van der Waals surface area contributed by atoms with Crippen LogP contribution in [0.4, 0.5) is 5.69 Å². The van der Waals surface area contributed by atoms with Crippen molar-refractivity contribution < 1.29 is 9.53 Å². The second-order valence-corrected chi connectivity index (χ2v) is 7.41. The van der Waals surface area contributed by atoms with Gasteiger partial charge in [0.1, 0.15) is 11.4 Å². The Morgan fingerprint density at radius 2 is 1.86 bits per heavy atom. The minimum absolute atomic E-state index is 0.263. The summed E-state index contributed by atoms with van der Waals surface area (Å²) in [6.07, 6.45) is 3.26. The Kier molecular flexibility index (Phi) is 5.50. The summed E-state index contributed by atoms with van der Waals surface area (Å²) in [5.74, 6) is 1.24. The van der Waals surface area contributed by atoms with Crippen molar-refractivity contribution in [3.63, 3.8) is 0 Å². The quantitative estimate of drug-likeness (QED) is 0.452. The number of amides is 1. The molecule has 2 aromatic heterocycles. The number of nitrogens with zero attached hydrogens (tertiary/aromatic N) is 3. The second kappa shape index (κ2) is 8.38. The van der Waals surface area contributed by atoms with Gasteiger partial charge in [-0.05, 0) is 43.3 Å². The summed E-state index contributed by atoms with van der Waals surface area (Å²) in [6, 6.07) is 14.4. The van der Waals surface area contributed by atoms with Gasteiger partial charge in [0.05, 0.1) is 5.69 Å². The van der Waals surface area contributed by atoms with Crippen LogP contribution in [-0.4, -0.2) is 20.9 Å². The third kappa shape index (κ3) is 4.59. The van der Waals surface area contributed by atoms with E-state index in [2.05, 4.69) is 20.3 Å². The van der Waals surface area contributed by atoms with Crippen LogP contribution in [0.15, 0.2) is 66.3 Å². The van der Waals surface area contributed by atoms with Crippen molar-refractivity contribution in [2.45, 2.75) is 6.92 Å². The lowest BCUT2D eigenvalue weighted by Gasteiger charge is -2.12. The summed E-state index contributed by atoms with van der Waals surface area (Å²) in [6.45, 7) is 2.00. The lowest BCUT2D eigenvalue weighted by molar-refractivity contribution is 0.102.